The number of benzene rings is 1. The molecule has 3 N–H and O–H groups in total. The molecule has 2 rings (SSSR count). The van der Waals surface area contributed by atoms with E-state index in [2.05, 4.69) is 4.98 Å². The molecular formula is C11H10N2O3S. The van der Waals surface area contributed by atoms with Crippen molar-refractivity contribution in [3.63, 3.8) is 0 Å². The van der Waals surface area contributed by atoms with E-state index in [1.165, 1.54) is 23.5 Å². The van der Waals surface area contributed by atoms with Crippen LogP contribution in [0.15, 0.2) is 29.8 Å². The van der Waals surface area contributed by atoms with Crippen molar-refractivity contribution >= 4 is 23.0 Å². The molecule has 0 saturated carbocycles. The molecule has 0 saturated heterocycles. The second-order valence-electron chi connectivity index (χ2n) is 3.27. The Morgan fingerprint density at radius 3 is 2.94 bits per heavy atom. The summed E-state index contributed by atoms with van der Waals surface area (Å²) < 4.78 is 5.45. The Morgan fingerprint density at radius 2 is 2.35 bits per heavy atom. The van der Waals surface area contributed by atoms with E-state index < -0.39 is 5.97 Å². The Hall–Kier alpha value is -2.08. The molecule has 6 heteroatoms. The maximum Gasteiger partial charge on any atom is 0.335 e. The fourth-order valence-corrected chi connectivity index (χ4v) is 1.80. The summed E-state index contributed by atoms with van der Waals surface area (Å²) in [6.45, 7) is 0.328. The summed E-state index contributed by atoms with van der Waals surface area (Å²) in [5.74, 6) is -0.548. The Morgan fingerprint density at radius 1 is 1.53 bits per heavy atom. The van der Waals surface area contributed by atoms with E-state index in [0.29, 0.717) is 18.0 Å². The number of ether oxygens (including phenoxy) is 1. The normalized spacial score (nSPS) is 10.1. The molecule has 88 valence electrons. The molecule has 5 nitrogen and oxygen atoms in total. The summed E-state index contributed by atoms with van der Waals surface area (Å²) in [7, 11) is 0. The lowest BCUT2D eigenvalue weighted by atomic mass is 10.2. The molecule has 0 spiro atoms. The molecule has 0 aliphatic carbocycles. The average Bonchev–Trinajstić information content (AvgIpc) is 2.80. The van der Waals surface area contributed by atoms with Gasteiger partial charge in [-0.2, -0.15) is 0 Å². The van der Waals surface area contributed by atoms with Crippen molar-refractivity contribution < 1.29 is 14.6 Å². The van der Waals surface area contributed by atoms with Gasteiger partial charge in [0.15, 0.2) is 0 Å². The number of hydrogen-bond donors (Lipinski definition) is 2. The smallest absolute Gasteiger partial charge is 0.335 e. The van der Waals surface area contributed by atoms with Gasteiger partial charge in [0, 0.05) is 11.6 Å². The number of aromatic carboxylic acids is 1. The third kappa shape index (κ3) is 2.73. The van der Waals surface area contributed by atoms with Crippen LogP contribution in [0, 0.1) is 0 Å². The zero-order chi connectivity index (χ0) is 12.3. The summed E-state index contributed by atoms with van der Waals surface area (Å²) in [6, 6.07) is 4.38. The lowest BCUT2D eigenvalue weighted by Gasteiger charge is -2.07. The second-order valence-corrected chi connectivity index (χ2v) is 4.25. The highest BCUT2D eigenvalue weighted by molar-refractivity contribution is 7.09. The van der Waals surface area contributed by atoms with Gasteiger partial charge >= 0.3 is 5.97 Å². The van der Waals surface area contributed by atoms with Crippen molar-refractivity contribution in [1.29, 1.82) is 0 Å². The molecule has 17 heavy (non-hydrogen) atoms. The molecule has 0 fully saturated rings. The predicted octanol–water partition coefficient (Wildman–Crippen LogP) is 2.00. The van der Waals surface area contributed by atoms with Crippen LogP contribution in [0.3, 0.4) is 0 Å². The lowest BCUT2D eigenvalue weighted by molar-refractivity contribution is 0.0697. The van der Waals surface area contributed by atoms with Crippen LogP contribution in [-0.4, -0.2) is 16.1 Å². The van der Waals surface area contributed by atoms with Crippen LogP contribution in [0.25, 0.3) is 0 Å². The first-order valence-electron chi connectivity index (χ1n) is 4.81. The van der Waals surface area contributed by atoms with Gasteiger partial charge in [0.25, 0.3) is 0 Å². The van der Waals surface area contributed by atoms with E-state index in [9.17, 15) is 4.79 Å². The highest BCUT2D eigenvalue weighted by Crippen LogP contribution is 2.23. The maximum atomic E-state index is 10.7. The minimum atomic E-state index is -1.01. The van der Waals surface area contributed by atoms with Crippen molar-refractivity contribution in [2.75, 3.05) is 5.73 Å². The Labute approximate surface area is 101 Å². The molecule has 0 radical (unpaired) electrons. The van der Waals surface area contributed by atoms with Crippen LogP contribution >= 0.6 is 11.3 Å². The molecule has 0 aliphatic rings. The van der Waals surface area contributed by atoms with Crippen LogP contribution in [0.5, 0.6) is 5.75 Å². The van der Waals surface area contributed by atoms with E-state index in [1.807, 2.05) is 5.38 Å². The van der Waals surface area contributed by atoms with Gasteiger partial charge in [-0.15, -0.1) is 11.3 Å². The standard InChI is InChI=1S/C11H10N2O3S/c12-8-5-7(11(14)15)1-2-9(8)16-6-10-13-3-4-17-10/h1-5H,6,12H2,(H,14,15). The van der Waals surface area contributed by atoms with Gasteiger partial charge < -0.3 is 15.6 Å². The first kappa shape index (κ1) is 11.4. The van der Waals surface area contributed by atoms with Crippen molar-refractivity contribution in [1.82, 2.24) is 4.98 Å². The predicted molar refractivity (Wildman–Crippen MR) is 64.3 cm³/mol. The summed E-state index contributed by atoms with van der Waals surface area (Å²) >= 11 is 1.49. The first-order valence-corrected chi connectivity index (χ1v) is 5.69. The number of nitrogens with zero attached hydrogens (tertiary/aromatic N) is 1. The van der Waals surface area contributed by atoms with Gasteiger partial charge in [0.1, 0.15) is 17.4 Å². The number of hydrogen-bond acceptors (Lipinski definition) is 5. The summed E-state index contributed by atoms with van der Waals surface area (Å²) in [4.78, 5) is 14.8. The van der Waals surface area contributed by atoms with Crippen molar-refractivity contribution in [2.24, 2.45) is 0 Å². The SMILES string of the molecule is Nc1cc(C(=O)O)ccc1OCc1nccs1. The van der Waals surface area contributed by atoms with E-state index >= 15 is 0 Å². The van der Waals surface area contributed by atoms with Gasteiger partial charge in [-0.25, -0.2) is 9.78 Å². The van der Waals surface area contributed by atoms with Crippen LogP contribution in [0.4, 0.5) is 5.69 Å². The monoisotopic (exact) mass is 250 g/mol. The van der Waals surface area contributed by atoms with E-state index in [0.717, 1.165) is 5.01 Å². The van der Waals surface area contributed by atoms with Crippen molar-refractivity contribution in [3.8, 4) is 5.75 Å². The zero-order valence-electron chi connectivity index (χ0n) is 8.79. The molecule has 0 unspecified atom stereocenters. The van der Waals surface area contributed by atoms with E-state index in [-0.39, 0.29) is 5.56 Å². The average molecular weight is 250 g/mol. The highest BCUT2D eigenvalue weighted by atomic mass is 32.1. The Balaban J connectivity index is 2.09. The fraction of sp³-hybridized carbons (Fsp3) is 0.0909. The lowest BCUT2D eigenvalue weighted by Crippen LogP contribution is -2.01. The maximum absolute atomic E-state index is 10.7. The molecule has 0 atom stereocenters. The molecule has 0 bridgehead atoms. The highest BCUT2D eigenvalue weighted by Gasteiger charge is 2.07. The van der Waals surface area contributed by atoms with Crippen LogP contribution in [0.2, 0.25) is 0 Å². The van der Waals surface area contributed by atoms with Crippen LogP contribution in [0.1, 0.15) is 15.4 Å². The molecule has 0 amide bonds. The number of nitrogens with two attached hydrogens (primary N) is 1. The number of nitrogen functional groups attached to an aromatic ring is 1. The van der Waals surface area contributed by atoms with E-state index in [4.69, 9.17) is 15.6 Å². The molecule has 1 heterocycles. The topological polar surface area (TPSA) is 85.4 Å². The largest absolute Gasteiger partial charge is 0.484 e. The first-order chi connectivity index (χ1) is 8.16. The van der Waals surface area contributed by atoms with Gasteiger partial charge in [0.05, 0.1) is 11.3 Å². The van der Waals surface area contributed by atoms with E-state index in [1.54, 1.807) is 12.3 Å². The fourth-order valence-electron chi connectivity index (χ4n) is 1.28. The minimum absolute atomic E-state index is 0.143. The summed E-state index contributed by atoms with van der Waals surface area (Å²) in [6.07, 6.45) is 1.69. The van der Waals surface area contributed by atoms with Crippen LogP contribution < -0.4 is 10.5 Å². The van der Waals surface area contributed by atoms with Gasteiger partial charge in [0.2, 0.25) is 0 Å². The molecule has 2 aromatic rings. The number of carboxylic acid groups (broad SMARTS) is 1. The third-order valence-electron chi connectivity index (χ3n) is 2.09. The van der Waals surface area contributed by atoms with Gasteiger partial charge in [-0.3, -0.25) is 0 Å². The number of thiazole rings is 1. The number of aromatic nitrogens is 1. The molecule has 0 aliphatic heterocycles. The number of carbonyl (C=O) groups is 1. The van der Waals surface area contributed by atoms with Crippen LogP contribution in [-0.2, 0) is 6.61 Å². The van der Waals surface area contributed by atoms with Crippen molar-refractivity contribution in [2.45, 2.75) is 6.61 Å². The number of carboxylic acids is 1. The molecular weight excluding hydrogens is 240 g/mol. The number of anilines is 1. The molecule has 1 aromatic heterocycles. The third-order valence-corrected chi connectivity index (χ3v) is 2.84. The summed E-state index contributed by atoms with van der Waals surface area (Å²) in [5, 5.41) is 11.5. The molecule has 1 aromatic carbocycles. The van der Waals surface area contributed by atoms with Gasteiger partial charge in [-0.1, -0.05) is 0 Å². The van der Waals surface area contributed by atoms with Gasteiger partial charge in [-0.05, 0) is 18.2 Å². The van der Waals surface area contributed by atoms with Crippen molar-refractivity contribution in [3.05, 3.63) is 40.3 Å². The second kappa shape index (κ2) is 4.84. The summed E-state index contributed by atoms with van der Waals surface area (Å²) in [5.41, 5.74) is 6.14. The zero-order valence-corrected chi connectivity index (χ0v) is 9.61. The Kier molecular flexibility index (Phi) is 3.24. The minimum Gasteiger partial charge on any atom is -0.484 e. The number of rotatable bonds is 4. The quantitative estimate of drug-likeness (QED) is 0.810. The Bertz CT molecular complexity index is 526.